The number of nitrogens with zero attached hydrogens (tertiary/aromatic N) is 5. The van der Waals surface area contributed by atoms with E-state index >= 15 is 0 Å². The second-order valence-electron chi connectivity index (χ2n) is 9.38. The van der Waals surface area contributed by atoms with Gasteiger partial charge >= 0.3 is 18.0 Å². The minimum absolute atomic E-state index is 0.158. The first-order valence-electron chi connectivity index (χ1n) is 12.1. The van der Waals surface area contributed by atoms with Crippen molar-refractivity contribution in [2.75, 3.05) is 44.2 Å². The van der Waals surface area contributed by atoms with E-state index in [4.69, 9.17) is 20.3 Å². The zero-order chi connectivity index (χ0) is 26.2. The number of hydrogen-bond donors (Lipinski definition) is 6. The maximum absolute atomic E-state index is 12.2. The molecule has 2 aliphatic heterocycles. The SMILES string of the molecule is O=C(OC(O)(O)C(O)(O)O)N1CCN(c2ccnn3cc(-c4ccc(C5CCCNC5)cn4)cc23)CC1. The second-order valence-corrected chi connectivity index (χ2v) is 9.38. The van der Waals surface area contributed by atoms with Gasteiger partial charge in [0, 0.05) is 56.9 Å². The van der Waals surface area contributed by atoms with Gasteiger partial charge in [-0.1, -0.05) is 6.07 Å². The van der Waals surface area contributed by atoms with Crippen LogP contribution >= 0.6 is 0 Å². The van der Waals surface area contributed by atoms with Crippen LogP contribution < -0.4 is 10.2 Å². The Kier molecular flexibility index (Phi) is 6.74. The van der Waals surface area contributed by atoms with Gasteiger partial charge in [-0.15, -0.1) is 0 Å². The smallest absolute Gasteiger partial charge is 0.385 e. The standard InChI is InChI=1S/C24H30N6O7/c31-22(37-24(35,36)23(32,33)34)29-10-8-28(9-11-29)20-5-7-27-30-15-18(12-21(20)30)19-4-3-17(14-26-19)16-2-1-6-25-13-16/h3-5,7,12,14-16,25,32-36H,1-2,6,8-11,13H2. The van der Waals surface area contributed by atoms with Crippen molar-refractivity contribution >= 4 is 17.3 Å². The maximum Gasteiger partial charge on any atom is 0.414 e. The van der Waals surface area contributed by atoms with E-state index in [1.165, 1.54) is 16.9 Å². The molecule has 0 saturated carbocycles. The van der Waals surface area contributed by atoms with E-state index in [-0.39, 0.29) is 13.1 Å². The molecule has 2 aliphatic rings. The maximum atomic E-state index is 12.2. The number of aromatic nitrogens is 3. The first-order valence-corrected chi connectivity index (χ1v) is 12.1. The summed E-state index contributed by atoms with van der Waals surface area (Å²) in [7, 11) is 0. The summed E-state index contributed by atoms with van der Waals surface area (Å²) < 4.78 is 6.04. The van der Waals surface area contributed by atoms with Crippen LogP contribution in [0.1, 0.15) is 24.3 Å². The van der Waals surface area contributed by atoms with Crippen molar-refractivity contribution in [1.82, 2.24) is 24.8 Å². The number of fused-ring (bicyclic) bond motifs is 1. The number of hydrogen-bond acceptors (Lipinski definition) is 11. The summed E-state index contributed by atoms with van der Waals surface area (Å²) in [5.41, 5.74) is 4.78. The minimum atomic E-state index is -4.03. The quantitative estimate of drug-likeness (QED) is 0.240. The summed E-state index contributed by atoms with van der Waals surface area (Å²) in [6.45, 7) is 3.14. The average Bonchev–Trinajstić information content (AvgIpc) is 3.33. The highest BCUT2D eigenvalue weighted by molar-refractivity contribution is 5.79. The lowest BCUT2D eigenvalue weighted by molar-refractivity contribution is -0.509. The van der Waals surface area contributed by atoms with Crippen LogP contribution in [0.4, 0.5) is 10.5 Å². The van der Waals surface area contributed by atoms with Crippen LogP contribution in [-0.2, 0) is 4.74 Å². The van der Waals surface area contributed by atoms with Gasteiger partial charge in [0.15, 0.2) is 0 Å². The van der Waals surface area contributed by atoms with Gasteiger partial charge in [-0.05, 0) is 49.1 Å². The average molecular weight is 515 g/mol. The Morgan fingerprint density at radius 3 is 2.51 bits per heavy atom. The molecule has 37 heavy (non-hydrogen) atoms. The summed E-state index contributed by atoms with van der Waals surface area (Å²) in [6, 6.07) is 8.06. The molecule has 3 aromatic rings. The van der Waals surface area contributed by atoms with Crippen molar-refractivity contribution in [2.24, 2.45) is 0 Å². The first kappa shape index (κ1) is 25.3. The molecule has 0 spiro atoms. The molecule has 1 amide bonds. The molecule has 3 aromatic heterocycles. The molecule has 5 rings (SSSR count). The minimum Gasteiger partial charge on any atom is -0.385 e. The molecule has 5 heterocycles. The monoisotopic (exact) mass is 514 g/mol. The third kappa shape index (κ3) is 5.23. The van der Waals surface area contributed by atoms with E-state index in [1.807, 2.05) is 30.6 Å². The molecule has 1 unspecified atom stereocenters. The number of pyridine rings is 1. The number of piperidine rings is 1. The fraction of sp³-hybridized carbons (Fsp3) is 0.458. The van der Waals surface area contributed by atoms with Crippen LogP contribution in [0.25, 0.3) is 16.8 Å². The molecule has 1 atom stereocenters. The van der Waals surface area contributed by atoms with Crippen LogP contribution in [0.2, 0.25) is 0 Å². The van der Waals surface area contributed by atoms with Gasteiger partial charge in [0.25, 0.3) is 0 Å². The number of ether oxygens (including phenoxy) is 1. The largest absolute Gasteiger partial charge is 0.414 e. The molecule has 198 valence electrons. The summed E-state index contributed by atoms with van der Waals surface area (Å²) in [5.74, 6) is -7.42. The summed E-state index contributed by atoms with van der Waals surface area (Å²) in [5, 5.41) is 53.4. The lowest BCUT2D eigenvalue weighted by atomic mass is 9.92. The van der Waals surface area contributed by atoms with Crippen LogP contribution in [0.15, 0.2) is 42.9 Å². The van der Waals surface area contributed by atoms with Crippen LogP contribution in [-0.4, -0.2) is 102 Å². The molecular formula is C24H30N6O7. The topological polar surface area (TPSA) is 176 Å². The van der Waals surface area contributed by atoms with E-state index in [0.717, 1.165) is 42.0 Å². The summed E-state index contributed by atoms with van der Waals surface area (Å²) in [6.07, 6.45) is 6.67. The molecular weight excluding hydrogens is 484 g/mol. The van der Waals surface area contributed by atoms with E-state index in [9.17, 15) is 15.0 Å². The third-order valence-corrected chi connectivity index (χ3v) is 6.88. The highest BCUT2D eigenvalue weighted by Gasteiger charge is 2.52. The predicted molar refractivity (Wildman–Crippen MR) is 130 cm³/mol. The lowest BCUT2D eigenvalue weighted by Gasteiger charge is -2.37. The molecule has 13 heteroatoms. The molecule has 2 saturated heterocycles. The van der Waals surface area contributed by atoms with Crippen LogP contribution in [0.5, 0.6) is 0 Å². The number of rotatable bonds is 5. The Morgan fingerprint density at radius 1 is 1.08 bits per heavy atom. The van der Waals surface area contributed by atoms with Crippen molar-refractivity contribution in [3.8, 4) is 11.3 Å². The molecule has 0 aromatic carbocycles. The molecule has 2 fully saturated rings. The summed E-state index contributed by atoms with van der Waals surface area (Å²) >= 11 is 0. The van der Waals surface area contributed by atoms with Gasteiger partial charge in [0.05, 0.1) is 16.9 Å². The Balaban J connectivity index is 1.28. The molecule has 13 nitrogen and oxygen atoms in total. The second kappa shape index (κ2) is 9.85. The van der Waals surface area contributed by atoms with Crippen molar-refractivity contribution in [3.05, 3.63) is 48.4 Å². The zero-order valence-corrected chi connectivity index (χ0v) is 20.1. The highest BCUT2D eigenvalue weighted by Crippen LogP contribution is 2.30. The number of carbonyl (C=O) groups is 1. The van der Waals surface area contributed by atoms with Gasteiger partial charge in [0.1, 0.15) is 0 Å². The summed E-state index contributed by atoms with van der Waals surface area (Å²) in [4.78, 5) is 20.1. The highest BCUT2D eigenvalue weighted by atomic mass is 16.9. The number of anilines is 1. The molecule has 0 aliphatic carbocycles. The lowest BCUT2D eigenvalue weighted by Crippen LogP contribution is -2.59. The fourth-order valence-corrected chi connectivity index (χ4v) is 4.75. The van der Waals surface area contributed by atoms with Gasteiger partial charge in [-0.3, -0.25) is 4.98 Å². The van der Waals surface area contributed by atoms with Crippen LogP contribution in [0.3, 0.4) is 0 Å². The van der Waals surface area contributed by atoms with Crippen molar-refractivity contribution in [2.45, 2.75) is 30.7 Å². The van der Waals surface area contributed by atoms with Crippen molar-refractivity contribution in [3.63, 3.8) is 0 Å². The number of nitrogens with one attached hydrogen (secondary N) is 1. The van der Waals surface area contributed by atoms with Gasteiger partial charge < -0.3 is 45.4 Å². The third-order valence-electron chi connectivity index (χ3n) is 6.88. The normalized spacial score (nSPS) is 19.3. The predicted octanol–water partition coefficient (Wildman–Crippen LogP) is -0.609. The van der Waals surface area contributed by atoms with Gasteiger partial charge in [-0.25, -0.2) is 9.31 Å². The van der Waals surface area contributed by atoms with E-state index in [1.54, 1.807) is 10.7 Å². The Hall–Kier alpha value is -3.33. The number of carbonyl (C=O) groups excluding carboxylic acids is 1. The Labute approximate surface area is 212 Å². The Morgan fingerprint density at radius 2 is 1.86 bits per heavy atom. The van der Waals surface area contributed by atoms with E-state index in [0.29, 0.717) is 19.0 Å². The number of aliphatic hydroxyl groups is 5. The van der Waals surface area contributed by atoms with Gasteiger partial charge in [0.2, 0.25) is 0 Å². The van der Waals surface area contributed by atoms with Crippen molar-refractivity contribution in [1.29, 1.82) is 0 Å². The van der Waals surface area contributed by atoms with Crippen LogP contribution in [0, 0.1) is 0 Å². The van der Waals surface area contributed by atoms with E-state index in [2.05, 4.69) is 26.1 Å². The van der Waals surface area contributed by atoms with Crippen molar-refractivity contribution < 1.29 is 35.1 Å². The molecule has 0 bridgehead atoms. The Bertz CT molecular complexity index is 1240. The zero-order valence-electron chi connectivity index (χ0n) is 20.1. The van der Waals surface area contributed by atoms with E-state index < -0.39 is 18.0 Å². The molecule has 6 N–H and O–H groups in total. The first-order chi connectivity index (χ1) is 17.6. The molecule has 0 radical (unpaired) electrons. The number of amides is 1. The van der Waals surface area contributed by atoms with Gasteiger partial charge in [-0.2, -0.15) is 5.10 Å². The number of piperazine rings is 1. The fourth-order valence-electron chi connectivity index (χ4n) is 4.75.